The highest BCUT2D eigenvalue weighted by atomic mass is 16.5. The number of aliphatic imine (C=N–C) groups is 1. The van der Waals surface area contributed by atoms with Crippen LogP contribution in [-0.2, 0) is 24.2 Å². The molecule has 0 saturated carbocycles. The second-order valence-electron chi connectivity index (χ2n) is 5.58. The van der Waals surface area contributed by atoms with Gasteiger partial charge in [0, 0.05) is 33.2 Å². The minimum atomic E-state index is 0.310. The molecule has 1 aromatic rings. The van der Waals surface area contributed by atoms with Crippen LogP contribution in [0.25, 0.3) is 0 Å². The number of fused-ring (bicyclic) bond motifs is 1. The third kappa shape index (κ3) is 3.53. The van der Waals surface area contributed by atoms with Gasteiger partial charge >= 0.3 is 0 Å². The maximum Gasteiger partial charge on any atom is 0.191 e. The summed E-state index contributed by atoms with van der Waals surface area (Å²) in [4.78, 5) is 4.24. The number of nitrogens with zero attached hydrogens (tertiary/aromatic N) is 4. The molecule has 2 aliphatic heterocycles. The third-order valence-corrected chi connectivity index (χ3v) is 4.09. The van der Waals surface area contributed by atoms with E-state index in [1.807, 2.05) is 0 Å². The van der Waals surface area contributed by atoms with Crippen LogP contribution in [0.3, 0.4) is 0 Å². The van der Waals surface area contributed by atoms with E-state index in [2.05, 4.69) is 30.4 Å². The SMILES string of the molecule is CN=C(NCc1nnc2n1CCCC2)NCC1CCCO1. The van der Waals surface area contributed by atoms with Crippen LogP contribution in [0, 0.1) is 0 Å². The second kappa shape index (κ2) is 6.89. The monoisotopic (exact) mass is 292 g/mol. The lowest BCUT2D eigenvalue weighted by Gasteiger charge is -2.17. The van der Waals surface area contributed by atoms with Crippen LogP contribution in [0.15, 0.2) is 4.99 Å². The first-order valence-corrected chi connectivity index (χ1v) is 7.84. The zero-order valence-corrected chi connectivity index (χ0v) is 12.6. The average molecular weight is 292 g/mol. The van der Waals surface area contributed by atoms with Crippen molar-refractivity contribution < 1.29 is 4.74 Å². The summed E-state index contributed by atoms with van der Waals surface area (Å²) in [5.74, 6) is 2.89. The molecule has 2 aliphatic rings. The lowest BCUT2D eigenvalue weighted by atomic mass is 10.2. The van der Waals surface area contributed by atoms with E-state index in [1.54, 1.807) is 7.05 Å². The van der Waals surface area contributed by atoms with Crippen molar-refractivity contribution in [1.29, 1.82) is 0 Å². The summed E-state index contributed by atoms with van der Waals surface area (Å²) in [6, 6.07) is 0. The largest absolute Gasteiger partial charge is 0.376 e. The Balaban J connectivity index is 1.49. The first kappa shape index (κ1) is 14.3. The van der Waals surface area contributed by atoms with E-state index in [4.69, 9.17) is 4.74 Å². The van der Waals surface area contributed by atoms with E-state index in [0.29, 0.717) is 12.6 Å². The molecule has 1 aromatic heterocycles. The summed E-state index contributed by atoms with van der Waals surface area (Å²) < 4.78 is 7.83. The van der Waals surface area contributed by atoms with Crippen molar-refractivity contribution >= 4 is 5.96 Å². The number of aromatic nitrogens is 3. The van der Waals surface area contributed by atoms with Gasteiger partial charge in [-0.05, 0) is 25.7 Å². The van der Waals surface area contributed by atoms with Crippen LogP contribution in [0.1, 0.15) is 37.3 Å². The molecule has 3 rings (SSSR count). The Labute approximate surface area is 125 Å². The minimum absolute atomic E-state index is 0.310. The van der Waals surface area contributed by atoms with Gasteiger partial charge in [0.15, 0.2) is 11.8 Å². The molecule has 0 aliphatic carbocycles. The Morgan fingerprint density at radius 2 is 2.29 bits per heavy atom. The molecule has 0 spiro atoms. The number of hydrogen-bond acceptors (Lipinski definition) is 4. The number of hydrogen-bond donors (Lipinski definition) is 2. The summed E-state index contributed by atoms with van der Waals surface area (Å²) in [7, 11) is 1.78. The topological polar surface area (TPSA) is 76.4 Å². The van der Waals surface area contributed by atoms with Gasteiger partial charge in [0.2, 0.25) is 0 Å². The third-order valence-electron chi connectivity index (χ3n) is 4.09. The number of ether oxygens (including phenoxy) is 1. The van der Waals surface area contributed by atoms with E-state index in [9.17, 15) is 0 Å². The van der Waals surface area contributed by atoms with Crippen LogP contribution < -0.4 is 10.6 Å². The number of aryl methyl sites for hydroxylation is 1. The summed E-state index contributed by atoms with van der Waals surface area (Å²) in [6.45, 7) is 3.36. The normalized spacial score (nSPS) is 22.1. The number of rotatable bonds is 4. The van der Waals surface area contributed by atoms with Gasteiger partial charge in [-0.1, -0.05) is 0 Å². The van der Waals surface area contributed by atoms with Crippen molar-refractivity contribution in [3.05, 3.63) is 11.6 Å². The van der Waals surface area contributed by atoms with Gasteiger partial charge in [-0.3, -0.25) is 4.99 Å². The lowest BCUT2D eigenvalue weighted by molar-refractivity contribution is 0.114. The van der Waals surface area contributed by atoms with E-state index in [1.165, 1.54) is 12.8 Å². The fourth-order valence-electron chi connectivity index (χ4n) is 2.90. The van der Waals surface area contributed by atoms with E-state index >= 15 is 0 Å². The first-order valence-electron chi connectivity index (χ1n) is 7.84. The summed E-state index contributed by atoms with van der Waals surface area (Å²) in [6.07, 6.45) is 6.06. The molecule has 116 valence electrons. The van der Waals surface area contributed by atoms with Crippen LogP contribution >= 0.6 is 0 Å². The lowest BCUT2D eigenvalue weighted by Crippen LogP contribution is -2.41. The first-order chi connectivity index (χ1) is 10.4. The van der Waals surface area contributed by atoms with Crippen LogP contribution in [0.5, 0.6) is 0 Å². The van der Waals surface area contributed by atoms with E-state index < -0.39 is 0 Å². The smallest absolute Gasteiger partial charge is 0.191 e. The molecule has 1 fully saturated rings. The zero-order valence-electron chi connectivity index (χ0n) is 12.6. The predicted molar refractivity (Wildman–Crippen MR) is 80.1 cm³/mol. The van der Waals surface area contributed by atoms with Crippen molar-refractivity contribution in [1.82, 2.24) is 25.4 Å². The molecule has 21 heavy (non-hydrogen) atoms. The van der Waals surface area contributed by atoms with Crippen LogP contribution in [0.4, 0.5) is 0 Å². The molecule has 0 aromatic carbocycles. The second-order valence-corrected chi connectivity index (χ2v) is 5.58. The quantitative estimate of drug-likeness (QED) is 0.623. The van der Waals surface area contributed by atoms with E-state index in [0.717, 1.165) is 56.6 Å². The minimum Gasteiger partial charge on any atom is -0.376 e. The molecule has 0 bridgehead atoms. The molecule has 0 amide bonds. The van der Waals surface area contributed by atoms with E-state index in [-0.39, 0.29) is 0 Å². The molecule has 2 N–H and O–H groups in total. The Kier molecular flexibility index (Phi) is 4.69. The van der Waals surface area contributed by atoms with Crippen LogP contribution in [-0.4, -0.2) is 47.0 Å². The van der Waals surface area contributed by atoms with Gasteiger partial charge in [-0.15, -0.1) is 10.2 Å². The van der Waals surface area contributed by atoms with Crippen molar-refractivity contribution in [3.63, 3.8) is 0 Å². The maximum atomic E-state index is 5.60. The molecular formula is C14H24N6O. The summed E-state index contributed by atoms with van der Waals surface area (Å²) in [5, 5.41) is 15.2. The van der Waals surface area contributed by atoms with Gasteiger partial charge in [-0.25, -0.2) is 0 Å². The summed E-state index contributed by atoms with van der Waals surface area (Å²) >= 11 is 0. The highest BCUT2D eigenvalue weighted by molar-refractivity contribution is 5.79. The zero-order chi connectivity index (χ0) is 14.5. The van der Waals surface area contributed by atoms with Gasteiger partial charge < -0.3 is 19.9 Å². The fourth-order valence-corrected chi connectivity index (χ4v) is 2.90. The van der Waals surface area contributed by atoms with Gasteiger partial charge in [0.25, 0.3) is 0 Å². The predicted octanol–water partition coefficient (Wildman–Crippen LogP) is 0.458. The Morgan fingerprint density at radius 3 is 3.10 bits per heavy atom. The van der Waals surface area contributed by atoms with Crippen molar-refractivity contribution in [2.24, 2.45) is 4.99 Å². The molecule has 0 radical (unpaired) electrons. The van der Waals surface area contributed by atoms with Crippen LogP contribution in [0.2, 0.25) is 0 Å². The van der Waals surface area contributed by atoms with Crippen molar-refractivity contribution in [3.8, 4) is 0 Å². The molecule has 1 atom stereocenters. The molecule has 1 saturated heterocycles. The Hall–Kier alpha value is -1.63. The van der Waals surface area contributed by atoms with Gasteiger partial charge in [0.05, 0.1) is 12.6 Å². The van der Waals surface area contributed by atoms with Crippen molar-refractivity contribution in [2.75, 3.05) is 20.2 Å². The fraction of sp³-hybridized carbons (Fsp3) is 0.786. The Morgan fingerprint density at radius 1 is 1.33 bits per heavy atom. The molecule has 7 heteroatoms. The highest BCUT2D eigenvalue weighted by Crippen LogP contribution is 2.14. The molecule has 1 unspecified atom stereocenters. The highest BCUT2D eigenvalue weighted by Gasteiger charge is 2.17. The standard InChI is InChI=1S/C14H24N6O/c1-15-14(16-9-11-5-4-8-21-11)17-10-13-19-18-12-6-2-3-7-20(12)13/h11H,2-10H2,1H3,(H2,15,16,17). The van der Waals surface area contributed by atoms with Gasteiger partial charge in [0.1, 0.15) is 5.82 Å². The van der Waals surface area contributed by atoms with Gasteiger partial charge in [-0.2, -0.15) is 0 Å². The Bertz CT molecular complexity index is 492. The summed E-state index contributed by atoms with van der Waals surface area (Å²) in [5.41, 5.74) is 0. The number of nitrogens with one attached hydrogen (secondary N) is 2. The molecular weight excluding hydrogens is 268 g/mol. The van der Waals surface area contributed by atoms with Crippen molar-refractivity contribution in [2.45, 2.75) is 51.3 Å². The maximum absolute atomic E-state index is 5.60. The average Bonchev–Trinajstić information content (AvgIpc) is 3.17. The molecule has 7 nitrogen and oxygen atoms in total. The molecule has 3 heterocycles. The number of guanidine groups is 1.